The molecule has 0 saturated carbocycles. The van der Waals surface area contributed by atoms with Crippen LogP contribution in [0.4, 0.5) is 10.1 Å². The summed E-state index contributed by atoms with van der Waals surface area (Å²) < 4.78 is 22.8. The fourth-order valence-electron chi connectivity index (χ4n) is 3.93. The van der Waals surface area contributed by atoms with Crippen molar-refractivity contribution in [3.05, 3.63) is 89.2 Å². The van der Waals surface area contributed by atoms with Gasteiger partial charge >= 0.3 is 189 Å². The van der Waals surface area contributed by atoms with Crippen LogP contribution >= 0.6 is 0 Å². The van der Waals surface area contributed by atoms with Gasteiger partial charge in [-0.25, -0.2) is 0 Å². The molecule has 0 radical (unpaired) electrons. The number of rotatable bonds is 4. The molecule has 3 aromatic carbocycles. The molecule has 0 saturated heterocycles. The summed E-state index contributed by atoms with van der Waals surface area (Å²) in [6.45, 7) is 0.423. The van der Waals surface area contributed by atoms with Crippen LogP contribution in [0.5, 0.6) is 5.75 Å². The molecule has 0 aromatic heterocycles. The normalized spacial score (nSPS) is 18.8. The Bertz CT molecular complexity index is 1270. The standard InChI is InChI=1S/C24H17AsFN3O3/c26-18-6-4-17(5-7-18)25-21-14-32-22-11-16(12-23(30)31)3-10-20(22)24(21)28-29(25)19-8-1-15(13-27)2-9-19/h1-11,21H,12,14H2,(H,30,31). The van der Waals surface area contributed by atoms with E-state index in [2.05, 4.69) is 6.07 Å². The molecule has 0 spiro atoms. The van der Waals surface area contributed by atoms with Gasteiger partial charge in [0.1, 0.15) is 0 Å². The Labute approximate surface area is 188 Å². The fourth-order valence-corrected chi connectivity index (χ4v) is 9.20. The molecule has 0 aliphatic carbocycles. The average Bonchev–Trinajstić information content (AvgIpc) is 3.19. The number of ether oxygens (including phenoxy) is 1. The van der Waals surface area contributed by atoms with E-state index in [1.807, 2.05) is 34.3 Å². The number of benzene rings is 3. The van der Waals surface area contributed by atoms with E-state index in [-0.39, 0.29) is 16.9 Å². The van der Waals surface area contributed by atoms with Gasteiger partial charge in [0.15, 0.2) is 0 Å². The molecular weight excluding hydrogens is 472 g/mol. The van der Waals surface area contributed by atoms with Crippen LogP contribution in [0.15, 0.2) is 71.8 Å². The minimum atomic E-state index is -2.09. The van der Waals surface area contributed by atoms with Crippen molar-refractivity contribution in [2.75, 3.05) is 10.5 Å². The topological polar surface area (TPSA) is 85.9 Å². The number of aliphatic carboxylic acids is 1. The maximum absolute atomic E-state index is 13.6. The molecule has 0 amide bonds. The number of fused-ring (bicyclic) bond motifs is 3. The summed E-state index contributed by atoms with van der Waals surface area (Å²) in [5.41, 5.74) is 3.87. The van der Waals surface area contributed by atoms with Crippen molar-refractivity contribution in [2.24, 2.45) is 5.10 Å². The first kappa shape index (κ1) is 20.3. The molecule has 5 rings (SSSR count). The Morgan fingerprint density at radius 3 is 2.62 bits per heavy atom. The number of carbonyl (C=O) groups is 1. The van der Waals surface area contributed by atoms with E-state index in [9.17, 15) is 9.18 Å². The van der Waals surface area contributed by atoms with Crippen molar-refractivity contribution in [1.82, 2.24) is 0 Å². The molecule has 32 heavy (non-hydrogen) atoms. The summed E-state index contributed by atoms with van der Waals surface area (Å²) in [6, 6.07) is 21.4. The first-order valence-corrected chi connectivity index (χ1v) is 12.8. The van der Waals surface area contributed by atoms with Gasteiger partial charge in [-0.05, 0) is 0 Å². The molecule has 0 fully saturated rings. The van der Waals surface area contributed by atoms with E-state index in [0.717, 1.165) is 21.3 Å². The molecule has 2 unspecified atom stereocenters. The molecule has 2 aliphatic rings. The van der Waals surface area contributed by atoms with E-state index >= 15 is 0 Å². The average molecular weight is 489 g/mol. The zero-order valence-electron chi connectivity index (χ0n) is 16.8. The Morgan fingerprint density at radius 2 is 1.94 bits per heavy atom. The number of carboxylic acids is 1. The van der Waals surface area contributed by atoms with Crippen LogP contribution in [-0.4, -0.2) is 38.3 Å². The van der Waals surface area contributed by atoms with Crippen LogP contribution in [0.25, 0.3) is 0 Å². The summed E-state index contributed by atoms with van der Waals surface area (Å²) in [5, 5.41) is 23.2. The predicted molar refractivity (Wildman–Crippen MR) is 119 cm³/mol. The van der Waals surface area contributed by atoms with Crippen molar-refractivity contribution >= 4 is 36.6 Å². The number of hydrazone groups is 1. The summed E-state index contributed by atoms with van der Waals surface area (Å²) in [6.07, 6.45) is -0.0721. The second-order valence-corrected chi connectivity index (χ2v) is 12.1. The van der Waals surface area contributed by atoms with Crippen LogP contribution in [-0.2, 0) is 11.2 Å². The molecule has 8 heteroatoms. The monoisotopic (exact) mass is 489 g/mol. The van der Waals surface area contributed by atoms with Crippen LogP contribution < -0.4 is 13.0 Å². The van der Waals surface area contributed by atoms with E-state index in [1.165, 1.54) is 12.1 Å². The second-order valence-electron chi connectivity index (χ2n) is 7.48. The molecule has 2 heterocycles. The van der Waals surface area contributed by atoms with Crippen molar-refractivity contribution in [2.45, 2.75) is 11.1 Å². The van der Waals surface area contributed by atoms with Gasteiger partial charge in [-0.15, -0.1) is 0 Å². The zero-order valence-corrected chi connectivity index (χ0v) is 18.6. The van der Waals surface area contributed by atoms with Gasteiger partial charge in [0.2, 0.25) is 0 Å². The first-order chi connectivity index (χ1) is 15.5. The molecule has 2 atom stereocenters. The second kappa shape index (κ2) is 8.14. The number of nitrogens with zero attached hydrogens (tertiary/aromatic N) is 3. The van der Waals surface area contributed by atoms with Crippen molar-refractivity contribution in [1.29, 1.82) is 5.26 Å². The van der Waals surface area contributed by atoms with Crippen molar-refractivity contribution in [3.63, 3.8) is 0 Å². The molecule has 0 bridgehead atoms. The zero-order chi connectivity index (χ0) is 22.2. The molecule has 6 nitrogen and oxygen atoms in total. The van der Waals surface area contributed by atoms with Gasteiger partial charge in [0.25, 0.3) is 0 Å². The van der Waals surface area contributed by atoms with Crippen LogP contribution in [0.1, 0.15) is 16.7 Å². The summed E-state index contributed by atoms with van der Waals surface area (Å²) in [7, 11) is 0. The fraction of sp³-hybridized carbons (Fsp3) is 0.125. The van der Waals surface area contributed by atoms with E-state index in [1.54, 1.807) is 24.3 Å². The number of halogens is 1. The molecule has 158 valence electrons. The van der Waals surface area contributed by atoms with Gasteiger partial charge in [-0.1, -0.05) is 0 Å². The van der Waals surface area contributed by atoms with Gasteiger partial charge in [0, 0.05) is 0 Å². The molecule has 1 N–H and O–H groups in total. The number of anilines is 1. The van der Waals surface area contributed by atoms with Gasteiger partial charge < -0.3 is 0 Å². The number of carboxylic acid groups (broad SMARTS) is 1. The maximum atomic E-state index is 13.6. The van der Waals surface area contributed by atoms with Crippen molar-refractivity contribution < 1.29 is 19.0 Å². The quantitative estimate of drug-likeness (QED) is 0.569. The number of hydrogen-bond donors (Lipinski definition) is 1. The summed E-state index contributed by atoms with van der Waals surface area (Å²) in [4.78, 5) is 11.1. The van der Waals surface area contributed by atoms with E-state index in [0.29, 0.717) is 23.5 Å². The van der Waals surface area contributed by atoms with Crippen molar-refractivity contribution in [3.8, 4) is 11.8 Å². The Balaban J connectivity index is 1.59. The first-order valence-electron chi connectivity index (χ1n) is 9.95. The molecule has 3 aromatic rings. The summed E-state index contributed by atoms with van der Waals surface area (Å²) in [5.74, 6) is -0.550. The third-order valence-corrected chi connectivity index (χ3v) is 10.7. The van der Waals surface area contributed by atoms with E-state index in [4.69, 9.17) is 20.2 Å². The van der Waals surface area contributed by atoms with Crippen LogP contribution in [0.2, 0.25) is 4.71 Å². The van der Waals surface area contributed by atoms with Crippen LogP contribution in [0.3, 0.4) is 0 Å². The minimum absolute atomic E-state index is 0.0430. The van der Waals surface area contributed by atoms with Gasteiger partial charge in [0.05, 0.1) is 0 Å². The predicted octanol–water partition coefficient (Wildman–Crippen LogP) is 3.21. The molecular formula is C24H17AsFN3O3. The Hall–Kier alpha value is -3.62. The third kappa shape index (κ3) is 3.63. The van der Waals surface area contributed by atoms with Crippen LogP contribution in [0, 0.1) is 17.1 Å². The number of hydrogen-bond acceptors (Lipinski definition) is 5. The Morgan fingerprint density at radius 1 is 1.19 bits per heavy atom. The Kier molecular flexibility index (Phi) is 5.16. The van der Waals surface area contributed by atoms with Gasteiger partial charge in [-0.3, -0.25) is 0 Å². The summed E-state index contributed by atoms with van der Waals surface area (Å²) >= 11 is -2.09. The third-order valence-electron chi connectivity index (χ3n) is 5.41. The SMILES string of the molecule is N#Cc1ccc(N2N=C3c4ccc(CC(=O)O)cc4OCC3[As]2c2ccc(F)cc2)cc1. The van der Waals surface area contributed by atoms with Gasteiger partial charge in [-0.2, -0.15) is 0 Å². The molecule has 2 aliphatic heterocycles. The van der Waals surface area contributed by atoms with E-state index < -0.39 is 20.8 Å². The number of nitriles is 1.